The molecule has 0 bridgehead atoms. The van der Waals surface area contributed by atoms with Crippen molar-refractivity contribution in [2.75, 3.05) is 0 Å². The van der Waals surface area contributed by atoms with Crippen LogP contribution < -0.4 is 4.72 Å². The predicted molar refractivity (Wildman–Crippen MR) is 44.2 cm³/mol. The summed E-state index contributed by atoms with van der Waals surface area (Å²) in [7, 11) is -2.13. The Balaban J connectivity index is 3.01. The highest BCUT2D eigenvalue weighted by molar-refractivity contribution is 7.90. The number of aromatic nitrogens is 2. The number of hydrogen-bond acceptors (Lipinski definition) is 4. The summed E-state index contributed by atoms with van der Waals surface area (Å²) in [5.41, 5.74) is 0. The van der Waals surface area contributed by atoms with Crippen LogP contribution >= 0.6 is 0 Å². The van der Waals surface area contributed by atoms with Crippen LogP contribution in [0, 0.1) is 0 Å². The molecule has 1 heterocycles. The lowest BCUT2D eigenvalue weighted by Crippen LogP contribution is -2.28. The van der Waals surface area contributed by atoms with Crippen molar-refractivity contribution in [2.45, 2.75) is 11.9 Å². The third-order valence-corrected chi connectivity index (χ3v) is 2.55. The molecular formula is C6H9N3O3S. The molecule has 0 radical (unpaired) electrons. The summed E-state index contributed by atoms with van der Waals surface area (Å²) in [4.78, 5) is 14.1. The van der Waals surface area contributed by atoms with E-state index < -0.39 is 15.9 Å². The SMILES string of the molecule is CC(=O)NS(=O)(=O)c1cn(C)cn1. The highest BCUT2D eigenvalue weighted by Gasteiger charge is 2.17. The monoisotopic (exact) mass is 203 g/mol. The van der Waals surface area contributed by atoms with E-state index in [1.54, 1.807) is 11.8 Å². The maximum atomic E-state index is 11.2. The van der Waals surface area contributed by atoms with Gasteiger partial charge in [0.25, 0.3) is 10.0 Å². The van der Waals surface area contributed by atoms with E-state index in [-0.39, 0.29) is 5.03 Å². The number of nitrogens with one attached hydrogen (secondary N) is 1. The molecule has 0 fully saturated rings. The first kappa shape index (κ1) is 9.72. The van der Waals surface area contributed by atoms with Crippen LogP contribution in [-0.2, 0) is 21.9 Å². The molecule has 1 aromatic heterocycles. The maximum Gasteiger partial charge on any atom is 0.283 e. The second kappa shape index (κ2) is 3.17. The summed E-state index contributed by atoms with van der Waals surface area (Å²) in [6, 6.07) is 0. The van der Waals surface area contributed by atoms with E-state index in [2.05, 4.69) is 4.98 Å². The van der Waals surface area contributed by atoms with Crippen molar-refractivity contribution in [3.8, 4) is 0 Å². The normalized spacial score (nSPS) is 11.2. The Morgan fingerprint density at radius 3 is 2.62 bits per heavy atom. The molecule has 1 rings (SSSR count). The number of nitrogens with zero attached hydrogens (tertiary/aromatic N) is 2. The van der Waals surface area contributed by atoms with Crippen molar-refractivity contribution in [3.05, 3.63) is 12.5 Å². The lowest BCUT2D eigenvalue weighted by Gasteiger charge is -1.99. The molecule has 0 saturated carbocycles. The molecule has 0 spiro atoms. The average Bonchev–Trinajstić information content (AvgIpc) is 2.32. The van der Waals surface area contributed by atoms with Crippen LogP contribution in [0.4, 0.5) is 0 Å². The summed E-state index contributed by atoms with van der Waals surface area (Å²) in [5, 5.41) is -0.162. The van der Waals surface area contributed by atoms with E-state index in [0.29, 0.717) is 0 Å². The zero-order valence-electron chi connectivity index (χ0n) is 7.18. The fraction of sp³-hybridized carbons (Fsp3) is 0.333. The number of amides is 1. The molecular weight excluding hydrogens is 194 g/mol. The van der Waals surface area contributed by atoms with E-state index in [9.17, 15) is 13.2 Å². The summed E-state index contributed by atoms with van der Waals surface area (Å²) in [6.07, 6.45) is 2.65. The summed E-state index contributed by atoms with van der Waals surface area (Å²) >= 11 is 0. The van der Waals surface area contributed by atoms with E-state index in [0.717, 1.165) is 6.92 Å². The summed E-state index contributed by atoms with van der Waals surface area (Å²) in [5.74, 6) is -0.634. The maximum absolute atomic E-state index is 11.2. The molecule has 72 valence electrons. The summed E-state index contributed by atoms with van der Waals surface area (Å²) < 4.78 is 25.8. The standard InChI is InChI=1S/C6H9N3O3S/c1-5(10)8-13(11,12)6-3-9(2)4-7-6/h3-4H,1-2H3,(H,8,10). The van der Waals surface area contributed by atoms with Gasteiger partial charge in [0, 0.05) is 20.2 Å². The molecule has 1 N–H and O–H groups in total. The van der Waals surface area contributed by atoms with Gasteiger partial charge in [0.2, 0.25) is 5.91 Å². The van der Waals surface area contributed by atoms with Crippen LogP contribution in [0.25, 0.3) is 0 Å². The molecule has 0 aliphatic carbocycles. The molecule has 1 aromatic rings. The molecule has 6 nitrogen and oxygen atoms in total. The molecule has 13 heavy (non-hydrogen) atoms. The van der Waals surface area contributed by atoms with Gasteiger partial charge in [-0.3, -0.25) is 4.79 Å². The largest absolute Gasteiger partial charge is 0.339 e. The molecule has 0 aromatic carbocycles. The van der Waals surface area contributed by atoms with E-state index in [1.165, 1.54) is 17.1 Å². The first-order chi connectivity index (χ1) is 5.92. The highest BCUT2D eigenvalue weighted by atomic mass is 32.2. The van der Waals surface area contributed by atoms with Gasteiger partial charge in [0.05, 0.1) is 6.33 Å². The fourth-order valence-corrected chi connectivity index (χ4v) is 1.74. The third kappa shape index (κ3) is 2.28. The number of carbonyl (C=O) groups is 1. The highest BCUT2D eigenvalue weighted by Crippen LogP contribution is 2.02. The predicted octanol–water partition coefficient (Wildman–Crippen LogP) is -0.755. The Morgan fingerprint density at radius 1 is 1.62 bits per heavy atom. The zero-order chi connectivity index (χ0) is 10.1. The van der Waals surface area contributed by atoms with Gasteiger partial charge in [-0.15, -0.1) is 0 Å². The van der Waals surface area contributed by atoms with Crippen LogP contribution in [0.2, 0.25) is 0 Å². The Morgan fingerprint density at radius 2 is 2.23 bits per heavy atom. The van der Waals surface area contributed by atoms with Gasteiger partial charge in [-0.1, -0.05) is 0 Å². The quantitative estimate of drug-likeness (QED) is 0.685. The van der Waals surface area contributed by atoms with Crippen molar-refractivity contribution < 1.29 is 13.2 Å². The Kier molecular flexibility index (Phi) is 2.37. The van der Waals surface area contributed by atoms with Crippen molar-refractivity contribution >= 4 is 15.9 Å². The molecule has 0 unspecified atom stereocenters. The van der Waals surface area contributed by atoms with Crippen LogP contribution in [0.3, 0.4) is 0 Å². The minimum absolute atomic E-state index is 0.162. The van der Waals surface area contributed by atoms with Gasteiger partial charge < -0.3 is 4.57 Å². The van der Waals surface area contributed by atoms with Crippen molar-refractivity contribution in [2.24, 2.45) is 7.05 Å². The number of hydrogen-bond donors (Lipinski definition) is 1. The van der Waals surface area contributed by atoms with Crippen LogP contribution in [0.15, 0.2) is 17.6 Å². The van der Waals surface area contributed by atoms with Gasteiger partial charge in [-0.25, -0.2) is 9.71 Å². The minimum atomic E-state index is -3.77. The van der Waals surface area contributed by atoms with Crippen LogP contribution in [-0.4, -0.2) is 23.9 Å². The average molecular weight is 203 g/mol. The Labute approximate surface area is 75.6 Å². The first-order valence-corrected chi connectivity index (χ1v) is 4.91. The smallest absolute Gasteiger partial charge is 0.283 e. The number of imidazole rings is 1. The Hall–Kier alpha value is -1.37. The molecule has 0 atom stereocenters. The van der Waals surface area contributed by atoms with Crippen molar-refractivity contribution in [3.63, 3.8) is 0 Å². The first-order valence-electron chi connectivity index (χ1n) is 3.43. The molecule has 0 aliphatic heterocycles. The van der Waals surface area contributed by atoms with Crippen LogP contribution in [0.1, 0.15) is 6.92 Å². The second-order valence-corrected chi connectivity index (χ2v) is 4.17. The Bertz CT molecular complexity index is 420. The fourth-order valence-electron chi connectivity index (χ4n) is 0.769. The van der Waals surface area contributed by atoms with E-state index in [4.69, 9.17) is 0 Å². The lowest BCUT2D eigenvalue weighted by molar-refractivity contribution is -0.117. The second-order valence-electron chi connectivity index (χ2n) is 2.54. The van der Waals surface area contributed by atoms with Crippen molar-refractivity contribution in [1.82, 2.24) is 14.3 Å². The number of carbonyl (C=O) groups excluding carboxylic acids is 1. The number of rotatable bonds is 2. The molecule has 7 heteroatoms. The van der Waals surface area contributed by atoms with Gasteiger partial charge >= 0.3 is 0 Å². The van der Waals surface area contributed by atoms with Gasteiger partial charge in [-0.05, 0) is 0 Å². The van der Waals surface area contributed by atoms with Gasteiger partial charge in [0.1, 0.15) is 0 Å². The van der Waals surface area contributed by atoms with Gasteiger partial charge in [0.15, 0.2) is 5.03 Å². The van der Waals surface area contributed by atoms with Gasteiger partial charge in [-0.2, -0.15) is 8.42 Å². The number of sulfonamides is 1. The van der Waals surface area contributed by atoms with E-state index in [1.807, 2.05) is 0 Å². The van der Waals surface area contributed by atoms with E-state index >= 15 is 0 Å². The summed E-state index contributed by atoms with van der Waals surface area (Å²) in [6.45, 7) is 1.13. The molecule has 1 amide bonds. The molecule has 0 aliphatic rings. The molecule has 0 saturated heterocycles. The number of aryl methyl sites for hydroxylation is 1. The van der Waals surface area contributed by atoms with Crippen LogP contribution in [0.5, 0.6) is 0 Å². The zero-order valence-corrected chi connectivity index (χ0v) is 8.00. The minimum Gasteiger partial charge on any atom is -0.339 e. The van der Waals surface area contributed by atoms with Crippen molar-refractivity contribution in [1.29, 1.82) is 0 Å². The topological polar surface area (TPSA) is 81.1 Å². The lowest BCUT2D eigenvalue weighted by atomic mass is 10.8. The third-order valence-electron chi connectivity index (χ3n) is 1.23.